The van der Waals surface area contributed by atoms with Crippen molar-refractivity contribution in [3.8, 4) is 0 Å². The number of hydrogen-bond donors (Lipinski definition) is 1. The van der Waals surface area contributed by atoms with Crippen molar-refractivity contribution in [2.45, 2.75) is 12.8 Å². The van der Waals surface area contributed by atoms with Gasteiger partial charge in [-0.25, -0.2) is 13.2 Å². The van der Waals surface area contributed by atoms with Gasteiger partial charge < -0.3 is 10.0 Å². The third kappa shape index (κ3) is 4.95. The van der Waals surface area contributed by atoms with E-state index in [-0.39, 0.29) is 17.4 Å². The monoisotopic (exact) mass is 416 g/mol. The number of anilines is 1. The molecule has 1 heterocycles. The lowest BCUT2D eigenvalue weighted by atomic mass is 9.97. The van der Waals surface area contributed by atoms with Gasteiger partial charge in [0, 0.05) is 25.7 Å². The molecule has 7 nitrogen and oxygen atoms in total. The van der Waals surface area contributed by atoms with Crippen molar-refractivity contribution in [3.05, 3.63) is 65.2 Å². The first kappa shape index (κ1) is 20.9. The van der Waals surface area contributed by atoms with Crippen LogP contribution in [0.3, 0.4) is 0 Å². The Hall–Kier alpha value is -2.87. The second-order valence-corrected chi connectivity index (χ2v) is 9.41. The van der Waals surface area contributed by atoms with Crippen LogP contribution < -0.4 is 4.31 Å². The lowest BCUT2D eigenvalue weighted by Crippen LogP contribution is -2.29. The number of carbonyl (C=O) groups is 2. The summed E-state index contributed by atoms with van der Waals surface area (Å²) in [5, 5.41) is 9.12. The highest BCUT2D eigenvalue weighted by Crippen LogP contribution is 2.24. The Morgan fingerprint density at radius 3 is 2.45 bits per heavy atom. The molecule has 1 atom stereocenters. The minimum absolute atomic E-state index is 0.0830. The SMILES string of the molecule is CN(c1ccc(C(=O)N2CCC(Cc3cccc(C(=O)O)c3)C2)cc1)S(C)(=O)=O. The number of nitrogens with zero attached hydrogens (tertiary/aromatic N) is 2. The van der Waals surface area contributed by atoms with E-state index >= 15 is 0 Å². The van der Waals surface area contributed by atoms with Crippen LogP contribution in [-0.4, -0.2) is 56.7 Å². The number of sulfonamides is 1. The molecule has 3 rings (SSSR count). The maximum absolute atomic E-state index is 12.8. The predicted octanol–water partition coefficient (Wildman–Crippen LogP) is 2.49. The summed E-state index contributed by atoms with van der Waals surface area (Å²) in [6, 6.07) is 13.4. The molecule has 1 N–H and O–H groups in total. The molecule has 0 bridgehead atoms. The van der Waals surface area contributed by atoms with E-state index in [2.05, 4.69) is 0 Å². The average molecular weight is 416 g/mol. The molecule has 0 aromatic heterocycles. The lowest BCUT2D eigenvalue weighted by Gasteiger charge is -2.19. The Kier molecular flexibility index (Phi) is 5.93. The summed E-state index contributed by atoms with van der Waals surface area (Å²) >= 11 is 0. The smallest absolute Gasteiger partial charge is 0.335 e. The standard InChI is InChI=1S/C21H24N2O5S/c1-22(29(2,27)28)19-8-6-17(7-9-19)20(24)23-11-10-16(14-23)12-15-4-3-5-18(13-15)21(25)26/h3-9,13,16H,10-12,14H2,1-2H3,(H,25,26). The Labute approximate surface area is 170 Å². The van der Waals surface area contributed by atoms with Crippen LogP contribution >= 0.6 is 0 Å². The Morgan fingerprint density at radius 2 is 1.83 bits per heavy atom. The second-order valence-electron chi connectivity index (χ2n) is 7.39. The zero-order chi connectivity index (χ0) is 21.2. The highest BCUT2D eigenvalue weighted by molar-refractivity contribution is 7.92. The van der Waals surface area contributed by atoms with Gasteiger partial charge in [-0.2, -0.15) is 0 Å². The van der Waals surface area contributed by atoms with Gasteiger partial charge in [-0.15, -0.1) is 0 Å². The normalized spacial score (nSPS) is 16.6. The van der Waals surface area contributed by atoms with E-state index in [0.717, 1.165) is 24.7 Å². The van der Waals surface area contributed by atoms with Gasteiger partial charge in [-0.1, -0.05) is 12.1 Å². The summed E-state index contributed by atoms with van der Waals surface area (Å²) in [4.78, 5) is 25.7. The van der Waals surface area contributed by atoms with Crippen LogP contribution in [-0.2, 0) is 16.4 Å². The third-order valence-electron chi connectivity index (χ3n) is 5.25. The van der Waals surface area contributed by atoms with Crippen molar-refractivity contribution in [2.24, 2.45) is 5.92 Å². The number of amides is 1. The fraction of sp³-hybridized carbons (Fsp3) is 0.333. The molecule has 2 aromatic carbocycles. The first-order chi connectivity index (χ1) is 13.6. The van der Waals surface area contributed by atoms with Crippen LogP contribution in [0.2, 0.25) is 0 Å². The molecule has 0 radical (unpaired) electrons. The number of carboxylic acids is 1. The van der Waals surface area contributed by atoms with Crippen molar-refractivity contribution in [3.63, 3.8) is 0 Å². The van der Waals surface area contributed by atoms with Gasteiger partial charge in [0.2, 0.25) is 10.0 Å². The fourth-order valence-electron chi connectivity index (χ4n) is 3.54. The molecule has 0 saturated carbocycles. The molecule has 1 fully saturated rings. The van der Waals surface area contributed by atoms with Gasteiger partial charge in [0.1, 0.15) is 0 Å². The lowest BCUT2D eigenvalue weighted by molar-refractivity contribution is 0.0696. The van der Waals surface area contributed by atoms with E-state index in [4.69, 9.17) is 5.11 Å². The van der Waals surface area contributed by atoms with Gasteiger partial charge in [0.05, 0.1) is 17.5 Å². The van der Waals surface area contributed by atoms with E-state index in [9.17, 15) is 18.0 Å². The van der Waals surface area contributed by atoms with Crippen molar-refractivity contribution in [1.82, 2.24) is 4.90 Å². The third-order valence-corrected chi connectivity index (χ3v) is 6.45. The number of carboxylic acid groups (broad SMARTS) is 1. The summed E-state index contributed by atoms with van der Waals surface area (Å²) in [6.45, 7) is 1.26. The van der Waals surface area contributed by atoms with Crippen molar-refractivity contribution < 1.29 is 23.1 Å². The largest absolute Gasteiger partial charge is 0.478 e. The maximum Gasteiger partial charge on any atom is 0.335 e. The summed E-state index contributed by atoms with van der Waals surface area (Å²) in [5.74, 6) is -0.751. The first-order valence-corrected chi connectivity index (χ1v) is 11.2. The molecule has 154 valence electrons. The molecule has 0 aliphatic carbocycles. The molecule has 0 spiro atoms. The van der Waals surface area contributed by atoms with E-state index in [1.54, 1.807) is 47.4 Å². The quantitative estimate of drug-likeness (QED) is 0.781. The van der Waals surface area contributed by atoms with Gasteiger partial charge in [0.15, 0.2) is 0 Å². The minimum atomic E-state index is -3.35. The zero-order valence-electron chi connectivity index (χ0n) is 16.4. The van der Waals surface area contributed by atoms with Crippen molar-refractivity contribution >= 4 is 27.6 Å². The van der Waals surface area contributed by atoms with Crippen LogP contribution in [0.25, 0.3) is 0 Å². The van der Waals surface area contributed by atoms with Crippen LogP contribution in [0.4, 0.5) is 5.69 Å². The second kappa shape index (κ2) is 8.24. The summed E-state index contributed by atoms with van der Waals surface area (Å²) in [5.41, 5.74) is 2.25. The molecule has 1 unspecified atom stereocenters. The highest BCUT2D eigenvalue weighted by atomic mass is 32.2. The van der Waals surface area contributed by atoms with Gasteiger partial charge in [-0.3, -0.25) is 9.10 Å². The fourth-order valence-corrected chi connectivity index (χ4v) is 4.04. The molecule has 1 saturated heterocycles. The predicted molar refractivity (Wildman–Crippen MR) is 111 cm³/mol. The van der Waals surface area contributed by atoms with Gasteiger partial charge in [-0.05, 0) is 60.7 Å². The van der Waals surface area contributed by atoms with Gasteiger partial charge >= 0.3 is 5.97 Å². The van der Waals surface area contributed by atoms with E-state index in [1.165, 1.54) is 11.4 Å². The average Bonchev–Trinajstić information content (AvgIpc) is 3.15. The molecule has 1 aliphatic rings. The Balaban J connectivity index is 1.63. The van der Waals surface area contributed by atoms with Crippen LogP contribution in [0.1, 0.15) is 32.7 Å². The number of rotatable bonds is 6. The molecule has 2 aromatic rings. The van der Waals surface area contributed by atoms with Crippen LogP contribution in [0, 0.1) is 5.92 Å². The summed E-state index contributed by atoms with van der Waals surface area (Å²) in [6.07, 6.45) is 2.71. The Bertz CT molecular complexity index is 1020. The van der Waals surface area contributed by atoms with Crippen molar-refractivity contribution in [1.29, 1.82) is 0 Å². The van der Waals surface area contributed by atoms with Crippen LogP contribution in [0.5, 0.6) is 0 Å². The molecule has 8 heteroatoms. The molecular weight excluding hydrogens is 392 g/mol. The summed E-state index contributed by atoms with van der Waals surface area (Å²) in [7, 11) is -1.88. The Morgan fingerprint density at radius 1 is 1.14 bits per heavy atom. The van der Waals surface area contributed by atoms with E-state index in [0.29, 0.717) is 24.3 Å². The number of carbonyl (C=O) groups excluding carboxylic acids is 1. The minimum Gasteiger partial charge on any atom is -0.478 e. The molecule has 1 amide bonds. The topological polar surface area (TPSA) is 95.0 Å². The number of benzene rings is 2. The number of hydrogen-bond acceptors (Lipinski definition) is 4. The van der Waals surface area contributed by atoms with Gasteiger partial charge in [0.25, 0.3) is 5.91 Å². The van der Waals surface area contributed by atoms with E-state index < -0.39 is 16.0 Å². The summed E-state index contributed by atoms with van der Waals surface area (Å²) < 4.78 is 24.4. The number of likely N-dealkylation sites (tertiary alicyclic amines) is 1. The zero-order valence-corrected chi connectivity index (χ0v) is 17.2. The molecular formula is C21H24N2O5S. The van der Waals surface area contributed by atoms with Crippen molar-refractivity contribution in [2.75, 3.05) is 30.7 Å². The highest BCUT2D eigenvalue weighted by Gasteiger charge is 2.27. The van der Waals surface area contributed by atoms with Crippen LogP contribution in [0.15, 0.2) is 48.5 Å². The molecule has 1 aliphatic heterocycles. The first-order valence-electron chi connectivity index (χ1n) is 9.30. The number of aromatic carboxylic acids is 1. The maximum atomic E-state index is 12.8. The van der Waals surface area contributed by atoms with E-state index in [1.807, 2.05) is 6.07 Å². The molecule has 29 heavy (non-hydrogen) atoms.